The van der Waals surface area contributed by atoms with Crippen LogP contribution in [0.1, 0.15) is 35.8 Å². The minimum absolute atomic E-state index is 0.0267. The first-order valence-electron chi connectivity index (χ1n) is 8.80. The fraction of sp³-hybridized carbons (Fsp3) is 0.381. The SMILES string of the molecule is CN1CCC(C(=O)C2CCN(C)c3ccccc32)c2ccccc21. The summed E-state index contributed by atoms with van der Waals surface area (Å²) in [5, 5.41) is 0. The number of fused-ring (bicyclic) bond motifs is 2. The number of Topliss-reactive ketones (excluding diaryl/α,β-unsaturated/α-hetero) is 1. The van der Waals surface area contributed by atoms with Crippen molar-refractivity contribution in [3.63, 3.8) is 0 Å². The largest absolute Gasteiger partial charge is 0.374 e. The highest BCUT2D eigenvalue weighted by Crippen LogP contribution is 2.42. The molecule has 2 aliphatic rings. The maximum absolute atomic E-state index is 13.5. The Kier molecular flexibility index (Phi) is 3.79. The van der Waals surface area contributed by atoms with Crippen LogP contribution in [0.2, 0.25) is 0 Å². The summed E-state index contributed by atoms with van der Waals surface area (Å²) in [5.41, 5.74) is 4.83. The molecule has 0 amide bonds. The number of rotatable bonds is 2. The van der Waals surface area contributed by atoms with E-state index in [1.54, 1.807) is 0 Å². The van der Waals surface area contributed by atoms with E-state index in [9.17, 15) is 4.79 Å². The summed E-state index contributed by atoms with van der Waals surface area (Å²) in [7, 11) is 4.23. The van der Waals surface area contributed by atoms with Crippen LogP contribution in [-0.4, -0.2) is 33.0 Å². The van der Waals surface area contributed by atoms with Crippen LogP contribution in [0, 0.1) is 0 Å². The first kappa shape index (κ1) is 15.3. The molecule has 0 saturated heterocycles. The van der Waals surface area contributed by atoms with Gasteiger partial charge in [0, 0.05) is 50.4 Å². The second kappa shape index (κ2) is 5.97. The van der Waals surface area contributed by atoms with Crippen LogP contribution >= 0.6 is 0 Å². The number of anilines is 2. The molecule has 0 saturated carbocycles. The Morgan fingerprint density at radius 2 is 1.21 bits per heavy atom. The average molecular weight is 320 g/mol. The summed E-state index contributed by atoms with van der Waals surface area (Å²) in [6, 6.07) is 16.8. The summed E-state index contributed by atoms with van der Waals surface area (Å²) in [6.45, 7) is 1.89. The monoisotopic (exact) mass is 320 g/mol. The van der Waals surface area contributed by atoms with Gasteiger partial charge in [0.15, 0.2) is 0 Å². The van der Waals surface area contributed by atoms with Gasteiger partial charge in [-0.2, -0.15) is 0 Å². The van der Waals surface area contributed by atoms with E-state index < -0.39 is 0 Å². The van der Waals surface area contributed by atoms with Gasteiger partial charge in [0.1, 0.15) is 5.78 Å². The Labute approximate surface area is 143 Å². The zero-order valence-corrected chi connectivity index (χ0v) is 14.4. The van der Waals surface area contributed by atoms with Gasteiger partial charge in [-0.1, -0.05) is 36.4 Å². The maximum atomic E-state index is 13.5. The molecule has 0 spiro atoms. The minimum Gasteiger partial charge on any atom is -0.374 e. The summed E-state index contributed by atoms with van der Waals surface area (Å²) < 4.78 is 0. The fourth-order valence-corrected chi connectivity index (χ4v) is 4.29. The molecule has 3 nitrogen and oxygen atoms in total. The average Bonchev–Trinajstić information content (AvgIpc) is 2.62. The van der Waals surface area contributed by atoms with Crippen LogP contribution in [-0.2, 0) is 4.79 Å². The summed E-state index contributed by atoms with van der Waals surface area (Å²) in [4.78, 5) is 18.0. The van der Waals surface area contributed by atoms with Gasteiger partial charge >= 0.3 is 0 Å². The Morgan fingerprint density at radius 3 is 1.67 bits per heavy atom. The standard InChI is InChI=1S/C21H24N2O/c1-22-13-11-17(15-7-3-5-9-19(15)22)21(24)18-12-14-23(2)20-10-6-4-8-16(18)20/h3-10,17-18H,11-14H2,1-2H3. The van der Waals surface area contributed by atoms with Crippen LogP contribution in [0.25, 0.3) is 0 Å². The predicted octanol–water partition coefficient (Wildman–Crippen LogP) is 3.80. The first-order valence-corrected chi connectivity index (χ1v) is 8.80. The first-order chi connectivity index (χ1) is 11.7. The Morgan fingerprint density at radius 1 is 0.792 bits per heavy atom. The van der Waals surface area contributed by atoms with Crippen molar-refractivity contribution in [2.45, 2.75) is 24.7 Å². The molecule has 124 valence electrons. The second-order valence-electron chi connectivity index (χ2n) is 7.05. The van der Waals surface area contributed by atoms with Crippen molar-refractivity contribution >= 4 is 17.2 Å². The molecule has 0 bridgehead atoms. The third-order valence-corrected chi connectivity index (χ3v) is 5.64. The van der Waals surface area contributed by atoms with Crippen molar-refractivity contribution < 1.29 is 4.79 Å². The van der Waals surface area contributed by atoms with Crippen LogP contribution in [0.15, 0.2) is 48.5 Å². The number of hydrogen-bond donors (Lipinski definition) is 0. The summed E-state index contributed by atoms with van der Waals surface area (Å²) in [6.07, 6.45) is 1.84. The number of ketones is 1. The maximum Gasteiger partial charge on any atom is 0.148 e. The molecule has 2 aromatic carbocycles. The van der Waals surface area contributed by atoms with Crippen molar-refractivity contribution in [3.05, 3.63) is 59.7 Å². The van der Waals surface area contributed by atoms with Gasteiger partial charge in [-0.3, -0.25) is 4.79 Å². The lowest BCUT2D eigenvalue weighted by Gasteiger charge is -2.37. The van der Waals surface area contributed by atoms with Crippen LogP contribution in [0.4, 0.5) is 11.4 Å². The van der Waals surface area contributed by atoms with E-state index in [0.29, 0.717) is 5.78 Å². The molecule has 3 heteroatoms. The minimum atomic E-state index is 0.0267. The van der Waals surface area contributed by atoms with Crippen molar-refractivity contribution in [1.82, 2.24) is 0 Å². The Bertz CT molecular complexity index is 706. The number of hydrogen-bond acceptors (Lipinski definition) is 3. The second-order valence-corrected chi connectivity index (χ2v) is 7.05. The molecule has 0 fully saturated rings. The zero-order valence-electron chi connectivity index (χ0n) is 14.4. The number of carbonyl (C=O) groups is 1. The Hall–Kier alpha value is -2.29. The van der Waals surface area contributed by atoms with Gasteiger partial charge in [-0.05, 0) is 36.1 Å². The number of nitrogens with zero attached hydrogens (tertiary/aromatic N) is 2. The predicted molar refractivity (Wildman–Crippen MR) is 99.1 cm³/mol. The number of carbonyl (C=O) groups excluding carboxylic acids is 1. The lowest BCUT2D eigenvalue weighted by molar-refractivity contribution is -0.122. The molecule has 0 radical (unpaired) electrons. The van der Waals surface area contributed by atoms with Crippen molar-refractivity contribution in [2.75, 3.05) is 37.0 Å². The fourth-order valence-electron chi connectivity index (χ4n) is 4.29. The van der Waals surface area contributed by atoms with E-state index in [1.165, 1.54) is 22.5 Å². The quantitative estimate of drug-likeness (QED) is 0.841. The van der Waals surface area contributed by atoms with Gasteiger partial charge in [0.05, 0.1) is 0 Å². The smallest absolute Gasteiger partial charge is 0.148 e. The van der Waals surface area contributed by atoms with E-state index in [1.807, 2.05) is 0 Å². The van der Waals surface area contributed by atoms with Crippen molar-refractivity contribution in [2.24, 2.45) is 0 Å². The summed E-state index contributed by atoms with van der Waals surface area (Å²) >= 11 is 0. The molecular formula is C21H24N2O. The highest BCUT2D eigenvalue weighted by molar-refractivity contribution is 5.95. The molecule has 0 N–H and O–H groups in total. The van der Waals surface area contributed by atoms with Gasteiger partial charge in [0.2, 0.25) is 0 Å². The van der Waals surface area contributed by atoms with Crippen LogP contribution in [0.3, 0.4) is 0 Å². The molecule has 0 aromatic heterocycles. The third-order valence-electron chi connectivity index (χ3n) is 5.64. The lowest BCUT2D eigenvalue weighted by atomic mass is 9.77. The number of benzene rings is 2. The van der Waals surface area contributed by atoms with E-state index in [-0.39, 0.29) is 11.8 Å². The molecule has 2 unspecified atom stereocenters. The molecular weight excluding hydrogens is 296 g/mol. The van der Waals surface area contributed by atoms with Gasteiger partial charge in [-0.15, -0.1) is 0 Å². The van der Waals surface area contributed by atoms with Crippen molar-refractivity contribution in [3.8, 4) is 0 Å². The number of para-hydroxylation sites is 2. The van der Waals surface area contributed by atoms with E-state index in [2.05, 4.69) is 72.4 Å². The van der Waals surface area contributed by atoms with Crippen molar-refractivity contribution in [1.29, 1.82) is 0 Å². The van der Waals surface area contributed by atoms with Crippen LogP contribution < -0.4 is 9.80 Å². The van der Waals surface area contributed by atoms with Gasteiger partial charge in [-0.25, -0.2) is 0 Å². The molecule has 4 rings (SSSR count). The highest BCUT2D eigenvalue weighted by Gasteiger charge is 2.36. The Balaban J connectivity index is 1.71. The van der Waals surface area contributed by atoms with E-state index >= 15 is 0 Å². The van der Waals surface area contributed by atoms with Crippen LogP contribution in [0.5, 0.6) is 0 Å². The molecule has 2 heterocycles. The molecule has 2 aliphatic heterocycles. The van der Waals surface area contributed by atoms with Gasteiger partial charge in [0.25, 0.3) is 0 Å². The lowest BCUT2D eigenvalue weighted by Crippen LogP contribution is -2.35. The topological polar surface area (TPSA) is 23.6 Å². The molecule has 2 atom stereocenters. The molecule has 0 aliphatic carbocycles. The van der Waals surface area contributed by atoms with E-state index in [0.717, 1.165) is 25.9 Å². The third kappa shape index (κ3) is 2.39. The molecule has 2 aromatic rings. The normalized spacial score (nSPS) is 22.8. The van der Waals surface area contributed by atoms with E-state index in [4.69, 9.17) is 0 Å². The highest BCUT2D eigenvalue weighted by atomic mass is 16.1. The molecule has 24 heavy (non-hydrogen) atoms. The zero-order chi connectivity index (χ0) is 16.7. The summed E-state index contributed by atoms with van der Waals surface area (Å²) in [5.74, 6) is 0.453. The van der Waals surface area contributed by atoms with Gasteiger partial charge < -0.3 is 9.80 Å².